The molecular formula is C17H21ClN4O. The SMILES string of the molecule is Cl.N[C@@H]1CN(C(=O)c2n[nH]c3c2CCC3)C[C@H]1c1ccccc1. The molecule has 6 heteroatoms. The van der Waals surface area contributed by atoms with Crippen LogP contribution in [-0.2, 0) is 12.8 Å². The smallest absolute Gasteiger partial charge is 0.274 e. The minimum atomic E-state index is -0.0154. The fourth-order valence-corrected chi connectivity index (χ4v) is 3.69. The molecule has 4 rings (SSSR count). The third-order valence-electron chi connectivity index (χ3n) is 4.89. The van der Waals surface area contributed by atoms with Crippen LogP contribution in [0.4, 0.5) is 0 Å². The second kappa shape index (κ2) is 6.34. The maximum Gasteiger partial charge on any atom is 0.274 e. The summed E-state index contributed by atoms with van der Waals surface area (Å²) in [5, 5.41) is 7.26. The largest absolute Gasteiger partial charge is 0.335 e. The van der Waals surface area contributed by atoms with Crippen LogP contribution in [0.15, 0.2) is 30.3 Å². The van der Waals surface area contributed by atoms with Gasteiger partial charge in [0.2, 0.25) is 0 Å². The Bertz CT molecular complexity index is 700. The molecule has 0 saturated carbocycles. The molecule has 1 aliphatic heterocycles. The Morgan fingerprint density at radius 1 is 1.22 bits per heavy atom. The van der Waals surface area contributed by atoms with Crippen molar-refractivity contribution in [2.75, 3.05) is 13.1 Å². The van der Waals surface area contributed by atoms with E-state index in [9.17, 15) is 4.79 Å². The highest BCUT2D eigenvalue weighted by atomic mass is 35.5. The van der Waals surface area contributed by atoms with Crippen LogP contribution in [0.25, 0.3) is 0 Å². The Morgan fingerprint density at radius 2 is 2.00 bits per heavy atom. The number of aryl methyl sites for hydroxylation is 1. The number of nitrogens with one attached hydrogen (secondary N) is 1. The molecule has 1 amide bonds. The Kier molecular flexibility index (Phi) is 4.41. The van der Waals surface area contributed by atoms with Gasteiger partial charge in [-0.05, 0) is 24.8 Å². The predicted molar refractivity (Wildman–Crippen MR) is 90.9 cm³/mol. The summed E-state index contributed by atoms with van der Waals surface area (Å²) in [5.74, 6) is 0.227. The van der Waals surface area contributed by atoms with E-state index in [4.69, 9.17) is 5.73 Å². The van der Waals surface area contributed by atoms with Crippen LogP contribution in [-0.4, -0.2) is 40.1 Å². The minimum absolute atomic E-state index is 0. The number of nitrogens with two attached hydrogens (primary N) is 1. The molecule has 0 spiro atoms. The van der Waals surface area contributed by atoms with Crippen LogP contribution >= 0.6 is 12.4 Å². The molecule has 1 aliphatic carbocycles. The van der Waals surface area contributed by atoms with Gasteiger partial charge >= 0.3 is 0 Å². The van der Waals surface area contributed by atoms with E-state index >= 15 is 0 Å². The van der Waals surface area contributed by atoms with Crippen molar-refractivity contribution in [1.82, 2.24) is 15.1 Å². The number of fused-ring (bicyclic) bond motifs is 1. The molecule has 1 saturated heterocycles. The van der Waals surface area contributed by atoms with Crippen molar-refractivity contribution >= 4 is 18.3 Å². The number of aromatic nitrogens is 2. The fraction of sp³-hybridized carbons (Fsp3) is 0.412. The Hall–Kier alpha value is -1.85. The number of nitrogens with zero attached hydrogens (tertiary/aromatic N) is 2. The third-order valence-corrected chi connectivity index (χ3v) is 4.89. The van der Waals surface area contributed by atoms with Crippen molar-refractivity contribution in [2.45, 2.75) is 31.2 Å². The summed E-state index contributed by atoms with van der Waals surface area (Å²) in [6, 6.07) is 10.2. The fourth-order valence-electron chi connectivity index (χ4n) is 3.69. The van der Waals surface area contributed by atoms with E-state index in [-0.39, 0.29) is 30.3 Å². The van der Waals surface area contributed by atoms with Crippen LogP contribution in [0.5, 0.6) is 0 Å². The Balaban J connectivity index is 0.00000156. The molecule has 0 bridgehead atoms. The van der Waals surface area contributed by atoms with Crippen LogP contribution in [0, 0.1) is 0 Å². The van der Waals surface area contributed by atoms with Crippen molar-refractivity contribution in [1.29, 1.82) is 0 Å². The van der Waals surface area contributed by atoms with E-state index in [0.29, 0.717) is 18.8 Å². The van der Waals surface area contributed by atoms with E-state index in [1.807, 2.05) is 23.1 Å². The zero-order valence-electron chi connectivity index (χ0n) is 12.9. The molecule has 1 aromatic carbocycles. The van der Waals surface area contributed by atoms with Gasteiger partial charge in [-0.1, -0.05) is 30.3 Å². The van der Waals surface area contributed by atoms with Gasteiger partial charge in [0.25, 0.3) is 5.91 Å². The number of halogens is 1. The number of hydrogen-bond donors (Lipinski definition) is 2. The first-order valence-electron chi connectivity index (χ1n) is 7.90. The summed E-state index contributed by atoms with van der Waals surface area (Å²) in [6.07, 6.45) is 3.06. The van der Waals surface area contributed by atoms with Gasteiger partial charge in [0.05, 0.1) is 0 Å². The van der Waals surface area contributed by atoms with E-state index in [1.165, 1.54) is 5.56 Å². The number of likely N-dealkylation sites (tertiary alicyclic amines) is 1. The average Bonchev–Trinajstić information content (AvgIpc) is 3.22. The number of aromatic amines is 1. The van der Waals surface area contributed by atoms with Gasteiger partial charge in [-0.25, -0.2) is 0 Å². The number of hydrogen-bond acceptors (Lipinski definition) is 3. The minimum Gasteiger partial charge on any atom is -0.335 e. The first kappa shape index (κ1) is 16.0. The molecule has 5 nitrogen and oxygen atoms in total. The van der Waals surface area contributed by atoms with Crippen LogP contribution in [0.3, 0.4) is 0 Å². The molecule has 3 N–H and O–H groups in total. The Labute approximate surface area is 141 Å². The summed E-state index contributed by atoms with van der Waals surface area (Å²) < 4.78 is 0. The Morgan fingerprint density at radius 3 is 2.78 bits per heavy atom. The third kappa shape index (κ3) is 2.75. The van der Waals surface area contributed by atoms with Crippen molar-refractivity contribution in [3.05, 3.63) is 52.8 Å². The van der Waals surface area contributed by atoms with Crippen molar-refractivity contribution in [3.8, 4) is 0 Å². The molecule has 2 heterocycles. The van der Waals surface area contributed by atoms with Gasteiger partial charge in [0, 0.05) is 36.3 Å². The molecule has 0 radical (unpaired) electrons. The van der Waals surface area contributed by atoms with Crippen molar-refractivity contribution in [3.63, 3.8) is 0 Å². The zero-order chi connectivity index (χ0) is 15.1. The van der Waals surface area contributed by atoms with Crippen LogP contribution < -0.4 is 5.73 Å². The zero-order valence-corrected chi connectivity index (χ0v) is 13.7. The highest BCUT2D eigenvalue weighted by Crippen LogP contribution is 2.29. The number of carbonyl (C=O) groups excluding carboxylic acids is 1. The van der Waals surface area contributed by atoms with Gasteiger partial charge < -0.3 is 10.6 Å². The van der Waals surface area contributed by atoms with Gasteiger partial charge in [0.15, 0.2) is 5.69 Å². The lowest BCUT2D eigenvalue weighted by molar-refractivity contribution is 0.0782. The van der Waals surface area contributed by atoms with Gasteiger partial charge in [-0.2, -0.15) is 5.10 Å². The van der Waals surface area contributed by atoms with Gasteiger partial charge in [-0.3, -0.25) is 9.89 Å². The number of benzene rings is 1. The van der Waals surface area contributed by atoms with Crippen molar-refractivity contribution < 1.29 is 4.79 Å². The van der Waals surface area contributed by atoms with Gasteiger partial charge in [-0.15, -0.1) is 12.4 Å². The monoisotopic (exact) mass is 332 g/mol. The normalized spacial score (nSPS) is 22.7. The molecule has 2 atom stereocenters. The lowest BCUT2D eigenvalue weighted by atomic mass is 9.95. The molecule has 0 unspecified atom stereocenters. The molecule has 2 aliphatic rings. The molecule has 122 valence electrons. The number of rotatable bonds is 2. The van der Waals surface area contributed by atoms with E-state index in [1.54, 1.807) is 0 Å². The summed E-state index contributed by atoms with van der Waals surface area (Å²) >= 11 is 0. The summed E-state index contributed by atoms with van der Waals surface area (Å²) in [4.78, 5) is 14.6. The maximum absolute atomic E-state index is 12.8. The molecule has 2 aromatic rings. The summed E-state index contributed by atoms with van der Waals surface area (Å²) in [6.45, 7) is 1.27. The first-order chi connectivity index (χ1) is 10.7. The number of carbonyl (C=O) groups is 1. The molecule has 1 aromatic heterocycles. The van der Waals surface area contributed by atoms with E-state index in [0.717, 1.165) is 30.5 Å². The van der Waals surface area contributed by atoms with E-state index < -0.39 is 0 Å². The standard InChI is InChI=1S/C17H20N4O.ClH/c18-14-10-21(9-13(14)11-5-2-1-3-6-11)17(22)16-12-7-4-8-15(12)19-20-16;/h1-3,5-6,13-14H,4,7-10,18H2,(H,19,20);1H/t13-,14+;/m0./s1. The van der Waals surface area contributed by atoms with Crippen LogP contribution in [0.2, 0.25) is 0 Å². The second-order valence-corrected chi connectivity index (χ2v) is 6.27. The van der Waals surface area contributed by atoms with Crippen molar-refractivity contribution in [2.24, 2.45) is 5.73 Å². The van der Waals surface area contributed by atoms with Crippen LogP contribution in [0.1, 0.15) is 39.6 Å². The van der Waals surface area contributed by atoms with E-state index in [2.05, 4.69) is 22.3 Å². The highest BCUT2D eigenvalue weighted by Gasteiger charge is 2.36. The molecule has 1 fully saturated rings. The van der Waals surface area contributed by atoms with Gasteiger partial charge in [0.1, 0.15) is 0 Å². The highest BCUT2D eigenvalue weighted by molar-refractivity contribution is 5.94. The topological polar surface area (TPSA) is 75.0 Å². The molecule has 23 heavy (non-hydrogen) atoms. The predicted octanol–water partition coefficient (Wildman–Crippen LogP) is 1.89. The quantitative estimate of drug-likeness (QED) is 0.881. The lowest BCUT2D eigenvalue weighted by Crippen LogP contribution is -2.32. The summed E-state index contributed by atoms with van der Waals surface area (Å²) in [7, 11) is 0. The maximum atomic E-state index is 12.8. The number of amides is 1. The molecular weight excluding hydrogens is 312 g/mol. The second-order valence-electron chi connectivity index (χ2n) is 6.27. The first-order valence-corrected chi connectivity index (χ1v) is 7.90. The lowest BCUT2D eigenvalue weighted by Gasteiger charge is -2.16. The number of H-pyrrole nitrogens is 1. The summed E-state index contributed by atoms with van der Waals surface area (Å²) in [5.41, 5.74) is 10.3. The average molecular weight is 333 g/mol.